The molecule has 0 aliphatic carbocycles. The van der Waals surface area contributed by atoms with E-state index in [1.54, 1.807) is 12.1 Å². The van der Waals surface area contributed by atoms with Crippen molar-refractivity contribution in [2.24, 2.45) is 0 Å². The minimum absolute atomic E-state index is 0.159. The number of rotatable bonds is 6. The molecular weight excluding hydrogens is 392 g/mol. The van der Waals surface area contributed by atoms with Gasteiger partial charge < -0.3 is 5.32 Å². The van der Waals surface area contributed by atoms with Gasteiger partial charge in [-0.25, -0.2) is 0 Å². The second-order valence-corrected chi connectivity index (χ2v) is 8.31. The van der Waals surface area contributed by atoms with E-state index in [0.717, 1.165) is 21.6 Å². The van der Waals surface area contributed by atoms with Crippen LogP contribution >= 0.6 is 23.1 Å². The van der Waals surface area contributed by atoms with Crippen LogP contribution in [0.15, 0.2) is 51.6 Å². The first-order valence-corrected chi connectivity index (χ1v) is 10.6. The Morgan fingerprint density at radius 1 is 1.11 bits per heavy atom. The van der Waals surface area contributed by atoms with E-state index in [-0.39, 0.29) is 5.56 Å². The lowest BCUT2D eigenvalue weighted by Gasteiger charge is -2.11. The normalized spacial score (nSPS) is 11.1. The van der Waals surface area contributed by atoms with Crippen molar-refractivity contribution in [3.05, 3.63) is 63.9 Å². The zero-order valence-electron chi connectivity index (χ0n) is 15.4. The van der Waals surface area contributed by atoms with Crippen molar-refractivity contribution >= 4 is 44.8 Å². The highest BCUT2D eigenvalue weighted by Crippen LogP contribution is 2.31. The summed E-state index contributed by atoms with van der Waals surface area (Å²) in [4.78, 5) is 12.5. The summed E-state index contributed by atoms with van der Waals surface area (Å²) < 4.78 is 2.11. The standard InChI is InChI=1S/C19H18N6OS2/c1-3-13-8-6-7-12(2)16(13)20-18-22-23-19(28-18)27-11-25-17(26)14-9-4-5-10-15(14)21-24-25/h4-10H,3,11H2,1-2H3,(H,20,22). The predicted molar refractivity (Wildman–Crippen MR) is 113 cm³/mol. The molecule has 0 fully saturated rings. The van der Waals surface area contributed by atoms with Gasteiger partial charge in [-0.1, -0.05) is 65.6 Å². The van der Waals surface area contributed by atoms with Gasteiger partial charge in [0.25, 0.3) is 5.56 Å². The summed E-state index contributed by atoms with van der Waals surface area (Å²) >= 11 is 2.86. The molecule has 0 amide bonds. The molecule has 142 valence electrons. The molecule has 9 heteroatoms. The van der Waals surface area contributed by atoms with Crippen molar-refractivity contribution in [2.45, 2.75) is 30.5 Å². The molecule has 0 aliphatic rings. The van der Waals surface area contributed by atoms with Crippen molar-refractivity contribution in [3.8, 4) is 0 Å². The molecule has 0 bridgehead atoms. The quantitative estimate of drug-likeness (QED) is 0.481. The third kappa shape index (κ3) is 3.76. The number of fused-ring (bicyclic) bond motifs is 1. The Balaban J connectivity index is 1.49. The number of benzene rings is 2. The number of hydrogen-bond donors (Lipinski definition) is 1. The van der Waals surface area contributed by atoms with Gasteiger partial charge in [-0.15, -0.1) is 15.3 Å². The summed E-state index contributed by atoms with van der Waals surface area (Å²) in [5, 5.41) is 21.2. The van der Waals surface area contributed by atoms with Gasteiger partial charge in [-0.05, 0) is 36.6 Å². The van der Waals surface area contributed by atoms with E-state index in [0.29, 0.717) is 16.8 Å². The number of nitrogens with one attached hydrogen (secondary N) is 1. The van der Waals surface area contributed by atoms with Crippen LogP contribution in [0.2, 0.25) is 0 Å². The Bertz CT molecular complexity index is 1190. The molecule has 2 aromatic carbocycles. The summed E-state index contributed by atoms with van der Waals surface area (Å²) in [7, 11) is 0. The van der Waals surface area contributed by atoms with Gasteiger partial charge in [0.2, 0.25) is 5.13 Å². The molecule has 0 saturated carbocycles. The monoisotopic (exact) mass is 410 g/mol. The molecule has 28 heavy (non-hydrogen) atoms. The van der Waals surface area contributed by atoms with Crippen LogP contribution in [0.5, 0.6) is 0 Å². The highest BCUT2D eigenvalue weighted by molar-refractivity contribution is 8.00. The van der Waals surface area contributed by atoms with E-state index in [1.165, 1.54) is 38.9 Å². The average molecular weight is 411 g/mol. The first kappa shape index (κ1) is 18.6. The zero-order valence-corrected chi connectivity index (χ0v) is 17.0. The minimum atomic E-state index is -0.159. The number of anilines is 2. The molecule has 7 nitrogen and oxygen atoms in total. The second-order valence-electron chi connectivity index (χ2n) is 6.15. The van der Waals surface area contributed by atoms with Crippen molar-refractivity contribution in [2.75, 3.05) is 5.32 Å². The fourth-order valence-electron chi connectivity index (χ4n) is 2.85. The van der Waals surface area contributed by atoms with Crippen molar-refractivity contribution in [1.29, 1.82) is 0 Å². The number of nitrogens with zero attached hydrogens (tertiary/aromatic N) is 5. The highest BCUT2D eigenvalue weighted by atomic mass is 32.2. The molecule has 2 heterocycles. The Morgan fingerprint density at radius 2 is 1.96 bits per heavy atom. The van der Waals surface area contributed by atoms with E-state index in [2.05, 4.69) is 57.9 Å². The lowest BCUT2D eigenvalue weighted by atomic mass is 10.1. The van der Waals surface area contributed by atoms with E-state index < -0.39 is 0 Å². The van der Waals surface area contributed by atoms with Gasteiger partial charge in [-0.3, -0.25) is 4.79 Å². The lowest BCUT2D eigenvalue weighted by Crippen LogP contribution is -2.23. The van der Waals surface area contributed by atoms with Crippen LogP contribution in [-0.2, 0) is 12.3 Å². The summed E-state index contributed by atoms with van der Waals surface area (Å²) in [6.45, 7) is 4.20. The summed E-state index contributed by atoms with van der Waals surface area (Å²) in [6.07, 6.45) is 0.938. The molecule has 0 atom stereocenters. The van der Waals surface area contributed by atoms with Crippen molar-refractivity contribution in [1.82, 2.24) is 25.2 Å². The van der Waals surface area contributed by atoms with Crippen molar-refractivity contribution in [3.63, 3.8) is 0 Å². The van der Waals surface area contributed by atoms with Gasteiger partial charge in [0.15, 0.2) is 4.34 Å². The maximum Gasteiger partial charge on any atom is 0.278 e. The lowest BCUT2D eigenvalue weighted by molar-refractivity contribution is 0.644. The smallest absolute Gasteiger partial charge is 0.278 e. The van der Waals surface area contributed by atoms with Crippen LogP contribution in [0.1, 0.15) is 18.1 Å². The fraction of sp³-hybridized carbons (Fsp3) is 0.211. The summed E-state index contributed by atoms with van der Waals surface area (Å²) in [5.41, 5.74) is 3.92. The van der Waals surface area contributed by atoms with Crippen LogP contribution in [-0.4, -0.2) is 25.2 Å². The Hall–Kier alpha value is -2.78. The van der Waals surface area contributed by atoms with E-state index in [9.17, 15) is 4.79 Å². The number of hydrogen-bond acceptors (Lipinski definition) is 8. The first-order valence-electron chi connectivity index (χ1n) is 8.80. The van der Waals surface area contributed by atoms with Gasteiger partial charge in [-0.2, -0.15) is 4.68 Å². The third-order valence-corrected chi connectivity index (χ3v) is 6.26. The Morgan fingerprint density at radius 3 is 2.82 bits per heavy atom. The summed E-state index contributed by atoms with van der Waals surface area (Å²) in [6, 6.07) is 13.4. The second kappa shape index (κ2) is 8.07. The SMILES string of the molecule is CCc1cccc(C)c1Nc1nnc(SCn2nnc3ccccc3c2=O)s1. The van der Waals surface area contributed by atoms with E-state index in [4.69, 9.17) is 0 Å². The molecule has 1 N–H and O–H groups in total. The van der Waals surface area contributed by atoms with Crippen LogP contribution in [0.4, 0.5) is 10.8 Å². The van der Waals surface area contributed by atoms with Crippen LogP contribution in [0.25, 0.3) is 10.9 Å². The molecule has 0 saturated heterocycles. The molecule has 4 aromatic rings. The molecule has 0 spiro atoms. The maximum atomic E-state index is 12.5. The molecular formula is C19H18N6OS2. The zero-order chi connectivity index (χ0) is 19.5. The van der Waals surface area contributed by atoms with E-state index >= 15 is 0 Å². The molecule has 2 aromatic heterocycles. The molecule has 0 radical (unpaired) electrons. The molecule has 0 aliphatic heterocycles. The molecule has 4 rings (SSSR count). The highest BCUT2D eigenvalue weighted by Gasteiger charge is 2.11. The van der Waals surface area contributed by atoms with Gasteiger partial charge in [0.1, 0.15) is 5.52 Å². The van der Waals surface area contributed by atoms with Crippen molar-refractivity contribution < 1.29 is 0 Å². The maximum absolute atomic E-state index is 12.5. The Kier molecular flexibility index (Phi) is 5.36. The van der Waals surface area contributed by atoms with Crippen LogP contribution < -0.4 is 10.9 Å². The fourth-order valence-corrected chi connectivity index (χ4v) is 4.46. The minimum Gasteiger partial charge on any atom is -0.330 e. The molecule has 0 unspecified atom stereocenters. The predicted octanol–water partition coefficient (Wildman–Crippen LogP) is 4.01. The number of thioether (sulfide) groups is 1. The van der Waals surface area contributed by atoms with Gasteiger partial charge in [0, 0.05) is 5.69 Å². The largest absolute Gasteiger partial charge is 0.330 e. The van der Waals surface area contributed by atoms with Crippen LogP contribution in [0.3, 0.4) is 0 Å². The first-order chi connectivity index (χ1) is 13.7. The van der Waals surface area contributed by atoms with Gasteiger partial charge in [0.05, 0.1) is 11.3 Å². The number of para-hydroxylation sites is 1. The third-order valence-electron chi connectivity index (χ3n) is 4.32. The van der Waals surface area contributed by atoms with Crippen LogP contribution in [0, 0.1) is 6.92 Å². The number of aromatic nitrogens is 5. The Labute approximate surface area is 169 Å². The van der Waals surface area contributed by atoms with E-state index in [1.807, 2.05) is 12.1 Å². The topological polar surface area (TPSA) is 85.6 Å². The van der Waals surface area contributed by atoms with Gasteiger partial charge >= 0.3 is 0 Å². The average Bonchev–Trinajstić information content (AvgIpc) is 3.17. The summed E-state index contributed by atoms with van der Waals surface area (Å²) in [5.74, 6) is 0.329. The number of aryl methyl sites for hydroxylation is 2.